The van der Waals surface area contributed by atoms with E-state index >= 15 is 0 Å². The Morgan fingerprint density at radius 2 is 1.75 bits per heavy atom. The standard InChI is InChI=1S/C17H16O3/c1-13(18)20-17(15-9-5-6-10-16(15)19)12-11-14-7-3-2-4-8-14/h2-12,17,19H,1H3. The van der Waals surface area contributed by atoms with Gasteiger partial charge < -0.3 is 9.84 Å². The minimum absolute atomic E-state index is 0.108. The molecule has 0 aliphatic heterocycles. The highest BCUT2D eigenvalue weighted by Gasteiger charge is 2.14. The van der Waals surface area contributed by atoms with Crippen LogP contribution in [0.15, 0.2) is 60.7 Å². The third-order valence-electron chi connectivity index (χ3n) is 2.80. The van der Waals surface area contributed by atoms with Crippen molar-refractivity contribution in [2.75, 3.05) is 0 Å². The van der Waals surface area contributed by atoms with Crippen molar-refractivity contribution in [1.29, 1.82) is 0 Å². The third-order valence-corrected chi connectivity index (χ3v) is 2.80. The molecule has 1 unspecified atom stereocenters. The van der Waals surface area contributed by atoms with Crippen molar-refractivity contribution in [2.24, 2.45) is 0 Å². The van der Waals surface area contributed by atoms with Crippen LogP contribution in [0.4, 0.5) is 0 Å². The van der Waals surface area contributed by atoms with Crippen LogP contribution in [0, 0.1) is 0 Å². The number of esters is 1. The fourth-order valence-electron chi connectivity index (χ4n) is 1.88. The largest absolute Gasteiger partial charge is 0.508 e. The molecule has 0 amide bonds. The Morgan fingerprint density at radius 1 is 1.10 bits per heavy atom. The molecule has 2 aromatic rings. The first-order valence-corrected chi connectivity index (χ1v) is 6.35. The predicted molar refractivity (Wildman–Crippen MR) is 78.1 cm³/mol. The van der Waals surface area contributed by atoms with E-state index in [9.17, 15) is 9.90 Å². The molecule has 0 fully saturated rings. The maximum atomic E-state index is 11.2. The summed E-state index contributed by atoms with van der Waals surface area (Å²) >= 11 is 0. The summed E-state index contributed by atoms with van der Waals surface area (Å²) in [5, 5.41) is 9.87. The number of ether oxygens (including phenoxy) is 1. The van der Waals surface area contributed by atoms with Crippen molar-refractivity contribution in [1.82, 2.24) is 0 Å². The van der Waals surface area contributed by atoms with Crippen LogP contribution in [0.5, 0.6) is 5.75 Å². The number of benzene rings is 2. The Bertz CT molecular complexity index is 603. The van der Waals surface area contributed by atoms with E-state index in [1.54, 1.807) is 30.3 Å². The van der Waals surface area contributed by atoms with E-state index in [4.69, 9.17) is 4.74 Å². The highest BCUT2D eigenvalue weighted by atomic mass is 16.5. The molecule has 0 saturated heterocycles. The first kappa shape index (κ1) is 13.9. The fourth-order valence-corrected chi connectivity index (χ4v) is 1.88. The molecule has 0 spiro atoms. The second-order valence-electron chi connectivity index (χ2n) is 4.36. The molecule has 0 aliphatic rings. The Morgan fingerprint density at radius 3 is 2.40 bits per heavy atom. The summed E-state index contributed by atoms with van der Waals surface area (Å²) in [6, 6.07) is 16.5. The van der Waals surface area contributed by atoms with Gasteiger partial charge in [0.25, 0.3) is 0 Å². The minimum atomic E-state index is -0.603. The summed E-state index contributed by atoms with van der Waals surface area (Å²) in [6.45, 7) is 1.35. The van der Waals surface area contributed by atoms with E-state index in [0.29, 0.717) is 5.56 Å². The van der Waals surface area contributed by atoms with Crippen LogP contribution in [0.3, 0.4) is 0 Å². The summed E-state index contributed by atoms with van der Waals surface area (Å²) in [5.74, 6) is -0.285. The van der Waals surface area contributed by atoms with Crippen molar-refractivity contribution in [3.8, 4) is 5.75 Å². The van der Waals surface area contributed by atoms with Crippen LogP contribution in [-0.2, 0) is 9.53 Å². The summed E-state index contributed by atoms with van der Waals surface area (Å²) in [6.07, 6.45) is 3.01. The van der Waals surface area contributed by atoms with Gasteiger partial charge in [0, 0.05) is 12.5 Å². The molecule has 0 saturated carbocycles. The number of para-hydroxylation sites is 1. The molecule has 3 nitrogen and oxygen atoms in total. The average Bonchev–Trinajstić information content (AvgIpc) is 2.45. The quantitative estimate of drug-likeness (QED) is 0.860. The van der Waals surface area contributed by atoms with Gasteiger partial charge in [0.2, 0.25) is 0 Å². The van der Waals surface area contributed by atoms with E-state index in [1.165, 1.54) is 6.92 Å². The van der Waals surface area contributed by atoms with Crippen LogP contribution in [-0.4, -0.2) is 11.1 Å². The zero-order chi connectivity index (χ0) is 14.4. The van der Waals surface area contributed by atoms with E-state index in [0.717, 1.165) is 5.56 Å². The summed E-state index contributed by atoms with van der Waals surface area (Å²) in [4.78, 5) is 11.2. The summed E-state index contributed by atoms with van der Waals surface area (Å²) in [5.41, 5.74) is 1.56. The zero-order valence-corrected chi connectivity index (χ0v) is 11.2. The first-order valence-electron chi connectivity index (χ1n) is 6.35. The van der Waals surface area contributed by atoms with Gasteiger partial charge in [-0.1, -0.05) is 54.6 Å². The van der Waals surface area contributed by atoms with Crippen LogP contribution < -0.4 is 0 Å². The van der Waals surface area contributed by atoms with Gasteiger partial charge in [0.05, 0.1) is 0 Å². The van der Waals surface area contributed by atoms with E-state index in [2.05, 4.69) is 0 Å². The van der Waals surface area contributed by atoms with Gasteiger partial charge in [-0.15, -0.1) is 0 Å². The number of phenolic OH excluding ortho intramolecular Hbond substituents is 1. The lowest BCUT2D eigenvalue weighted by Crippen LogP contribution is -2.06. The summed E-state index contributed by atoms with van der Waals surface area (Å²) < 4.78 is 5.25. The Hall–Kier alpha value is -2.55. The number of hydrogen-bond donors (Lipinski definition) is 1. The normalized spacial score (nSPS) is 12.2. The van der Waals surface area contributed by atoms with Crippen molar-refractivity contribution in [2.45, 2.75) is 13.0 Å². The lowest BCUT2D eigenvalue weighted by Gasteiger charge is -2.14. The molecule has 0 radical (unpaired) electrons. The molecule has 1 atom stereocenters. The number of hydrogen-bond acceptors (Lipinski definition) is 3. The van der Waals surface area contributed by atoms with Crippen molar-refractivity contribution in [3.63, 3.8) is 0 Å². The van der Waals surface area contributed by atoms with Gasteiger partial charge in [-0.05, 0) is 17.7 Å². The molecule has 0 bridgehead atoms. The molecular formula is C17H16O3. The van der Waals surface area contributed by atoms with Crippen molar-refractivity contribution in [3.05, 3.63) is 71.8 Å². The average molecular weight is 268 g/mol. The maximum Gasteiger partial charge on any atom is 0.303 e. The monoisotopic (exact) mass is 268 g/mol. The van der Waals surface area contributed by atoms with Crippen LogP contribution in [0.2, 0.25) is 0 Å². The first-order chi connectivity index (χ1) is 9.66. The molecule has 20 heavy (non-hydrogen) atoms. The van der Waals surface area contributed by atoms with Gasteiger partial charge in [-0.2, -0.15) is 0 Å². The number of carbonyl (C=O) groups excluding carboxylic acids is 1. The molecule has 0 aliphatic carbocycles. The molecular weight excluding hydrogens is 252 g/mol. The van der Waals surface area contributed by atoms with Gasteiger partial charge in [0.1, 0.15) is 11.9 Å². The lowest BCUT2D eigenvalue weighted by atomic mass is 10.1. The van der Waals surface area contributed by atoms with Crippen molar-refractivity contribution < 1.29 is 14.6 Å². The van der Waals surface area contributed by atoms with E-state index < -0.39 is 12.1 Å². The van der Waals surface area contributed by atoms with Gasteiger partial charge >= 0.3 is 5.97 Å². The molecule has 3 heteroatoms. The molecule has 1 N–H and O–H groups in total. The molecule has 0 heterocycles. The highest BCUT2D eigenvalue weighted by Crippen LogP contribution is 2.28. The maximum absolute atomic E-state index is 11.2. The van der Waals surface area contributed by atoms with Crippen molar-refractivity contribution >= 4 is 12.0 Å². The number of aromatic hydroxyl groups is 1. The third kappa shape index (κ3) is 3.72. The van der Waals surface area contributed by atoms with E-state index in [1.807, 2.05) is 36.4 Å². The Labute approximate surface area is 118 Å². The zero-order valence-electron chi connectivity index (χ0n) is 11.2. The predicted octanol–water partition coefficient (Wildman–Crippen LogP) is 3.71. The van der Waals surface area contributed by atoms with Crippen LogP contribution in [0.1, 0.15) is 24.2 Å². The smallest absolute Gasteiger partial charge is 0.303 e. The highest BCUT2D eigenvalue weighted by molar-refractivity contribution is 5.67. The topological polar surface area (TPSA) is 46.5 Å². The fraction of sp³-hybridized carbons (Fsp3) is 0.118. The second kappa shape index (κ2) is 6.57. The van der Waals surface area contributed by atoms with Crippen LogP contribution >= 0.6 is 0 Å². The van der Waals surface area contributed by atoms with Gasteiger partial charge in [-0.25, -0.2) is 0 Å². The summed E-state index contributed by atoms with van der Waals surface area (Å²) in [7, 11) is 0. The SMILES string of the molecule is CC(=O)OC(C=Cc1ccccc1)c1ccccc1O. The Kier molecular flexibility index (Phi) is 4.56. The number of carbonyl (C=O) groups is 1. The molecule has 102 valence electrons. The van der Waals surface area contributed by atoms with Crippen LogP contribution in [0.25, 0.3) is 6.08 Å². The Balaban J connectivity index is 2.27. The molecule has 2 rings (SSSR count). The molecule has 2 aromatic carbocycles. The lowest BCUT2D eigenvalue weighted by molar-refractivity contribution is -0.144. The number of rotatable bonds is 4. The van der Waals surface area contributed by atoms with Gasteiger partial charge in [-0.3, -0.25) is 4.79 Å². The second-order valence-corrected chi connectivity index (χ2v) is 4.36. The minimum Gasteiger partial charge on any atom is -0.508 e. The van der Waals surface area contributed by atoms with E-state index in [-0.39, 0.29) is 5.75 Å². The van der Waals surface area contributed by atoms with Gasteiger partial charge in [0.15, 0.2) is 0 Å². The number of phenols is 1. The molecule has 0 aromatic heterocycles.